The summed E-state index contributed by atoms with van der Waals surface area (Å²) >= 11 is 6.13. The molecule has 1 aliphatic heterocycles. The molecule has 3 aliphatic carbocycles. The second-order valence-electron chi connectivity index (χ2n) is 11.2. The number of nitriles is 1. The van der Waals surface area contributed by atoms with E-state index in [9.17, 15) is 14.9 Å². The van der Waals surface area contributed by atoms with E-state index in [-0.39, 0.29) is 40.9 Å². The van der Waals surface area contributed by atoms with Crippen molar-refractivity contribution >= 4 is 29.2 Å². The Morgan fingerprint density at radius 2 is 2.05 bits per heavy atom. The maximum absolute atomic E-state index is 12.9. The van der Waals surface area contributed by atoms with E-state index in [1.807, 2.05) is 30.2 Å². The van der Waals surface area contributed by atoms with Gasteiger partial charge in [-0.3, -0.25) is 14.5 Å². The first-order valence-electron chi connectivity index (χ1n) is 13.1. The monoisotopic (exact) mass is 527 g/mol. The summed E-state index contributed by atoms with van der Waals surface area (Å²) in [5.74, 6) is 1.55. The standard InChI is InChI=1S/C28H26ClN7O2/c1-15-6-25(35-13-18-9-22(18)27(35)38)31-12-23(15)28(4-5-28)36-14-24(33-34-36)26(37)32-20-7-17(8-20)21-10-19(29)3-2-16(21)11-30/h2-3,6,10,12,14,17-18,20,22H,4-5,7-9,13H2,1H3,(H,32,37). The third-order valence-electron chi connectivity index (χ3n) is 8.73. The number of anilines is 1. The highest BCUT2D eigenvalue weighted by Crippen LogP contribution is 2.51. The molecule has 1 saturated heterocycles. The Morgan fingerprint density at radius 1 is 1.24 bits per heavy atom. The van der Waals surface area contributed by atoms with Crippen LogP contribution in [0.3, 0.4) is 0 Å². The van der Waals surface area contributed by atoms with E-state index in [4.69, 9.17) is 11.6 Å². The van der Waals surface area contributed by atoms with Crippen LogP contribution in [-0.2, 0) is 10.3 Å². The zero-order valence-electron chi connectivity index (χ0n) is 20.9. The summed E-state index contributed by atoms with van der Waals surface area (Å²) in [4.78, 5) is 31.9. The van der Waals surface area contributed by atoms with Gasteiger partial charge in [0.1, 0.15) is 5.82 Å². The summed E-state index contributed by atoms with van der Waals surface area (Å²) in [5.41, 5.74) is 3.59. The number of hydrogen-bond donors (Lipinski definition) is 1. The number of halogens is 1. The molecule has 2 aromatic heterocycles. The second kappa shape index (κ2) is 8.37. The number of piperidine rings is 1. The number of aromatic nitrogens is 4. The number of fused-ring (bicyclic) bond motifs is 1. The van der Waals surface area contributed by atoms with Gasteiger partial charge in [-0.05, 0) is 86.3 Å². The fourth-order valence-corrected chi connectivity index (χ4v) is 6.38. The van der Waals surface area contributed by atoms with Crippen LogP contribution in [0.25, 0.3) is 0 Å². The molecular formula is C28H26ClN7O2. The lowest BCUT2D eigenvalue weighted by Gasteiger charge is -2.36. The topological polar surface area (TPSA) is 117 Å². The molecule has 3 aromatic rings. The maximum Gasteiger partial charge on any atom is 0.273 e. The van der Waals surface area contributed by atoms with Crippen LogP contribution in [0.15, 0.2) is 36.7 Å². The Bertz CT molecular complexity index is 1530. The molecule has 1 aromatic carbocycles. The van der Waals surface area contributed by atoms with E-state index in [1.165, 1.54) is 0 Å². The van der Waals surface area contributed by atoms with Gasteiger partial charge >= 0.3 is 0 Å². The number of hydrogen-bond acceptors (Lipinski definition) is 6. The van der Waals surface area contributed by atoms with Crippen molar-refractivity contribution in [1.29, 1.82) is 5.26 Å². The van der Waals surface area contributed by atoms with Crippen molar-refractivity contribution in [1.82, 2.24) is 25.3 Å². The zero-order chi connectivity index (χ0) is 26.2. The molecule has 2 atom stereocenters. The highest BCUT2D eigenvalue weighted by atomic mass is 35.5. The number of carbonyl (C=O) groups excluding carboxylic acids is 2. The predicted octanol–water partition coefficient (Wildman–Crippen LogP) is 3.70. The molecule has 2 amide bonds. The summed E-state index contributed by atoms with van der Waals surface area (Å²) in [6.07, 6.45) is 7.86. The maximum atomic E-state index is 12.9. The Kier molecular flexibility index (Phi) is 5.14. The first-order valence-corrected chi connectivity index (χ1v) is 13.5. The SMILES string of the molecule is Cc1cc(N2CC3CC3C2=O)ncc1C1(n2cc(C(=O)NC3CC(c4cc(Cl)ccc4C#N)C3)nn2)CC1. The van der Waals surface area contributed by atoms with Crippen LogP contribution in [0.4, 0.5) is 5.82 Å². The van der Waals surface area contributed by atoms with E-state index in [2.05, 4.69) is 26.7 Å². The van der Waals surface area contributed by atoms with Gasteiger partial charge in [0.2, 0.25) is 5.91 Å². The zero-order valence-corrected chi connectivity index (χ0v) is 21.6. The summed E-state index contributed by atoms with van der Waals surface area (Å²) in [6.45, 7) is 2.80. The number of pyridine rings is 1. The lowest BCUT2D eigenvalue weighted by atomic mass is 9.74. The third-order valence-corrected chi connectivity index (χ3v) is 8.97. The fourth-order valence-electron chi connectivity index (χ4n) is 6.20. The average Bonchev–Trinajstić information content (AvgIpc) is 3.77. The summed E-state index contributed by atoms with van der Waals surface area (Å²) in [6, 6.07) is 9.54. The van der Waals surface area contributed by atoms with Crippen LogP contribution in [0.2, 0.25) is 5.02 Å². The van der Waals surface area contributed by atoms with E-state index in [1.54, 1.807) is 23.0 Å². The smallest absolute Gasteiger partial charge is 0.273 e. The normalized spacial score (nSPS) is 26.3. The third kappa shape index (κ3) is 3.70. The van der Waals surface area contributed by atoms with E-state index < -0.39 is 0 Å². The molecular weight excluding hydrogens is 502 g/mol. The molecule has 7 rings (SSSR count). The molecule has 2 unspecified atom stereocenters. The van der Waals surface area contributed by atoms with Gasteiger partial charge in [0.15, 0.2) is 5.69 Å². The molecule has 4 aliphatic rings. The minimum atomic E-state index is -0.361. The molecule has 0 bridgehead atoms. The Morgan fingerprint density at radius 3 is 2.74 bits per heavy atom. The largest absolute Gasteiger partial charge is 0.348 e. The van der Waals surface area contributed by atoms with Crippen LogP contribution < -0.4 is 10.2 Å². The minimum Gasteiger partial charge on any atom is -0.348 e. The highest BCUT2D eigenvalue weighted by Gasteiger charge is 2.53. The molecule has 192 valence electrons. The van der Waals surface area contributed by atoms with Gasteiger partial charge in [0.05, 0.1) is 23.4 Å². The number of nitrogens with zero attached hydrogens (tertiary/aromatic N) is 6. The van der Waals surface area contributed by atoms with Gasteiger partial charge in [-0.1, -0.05) is 16.8 Å². The first-order chi connectivity index (χ1) is 18.4. The van der Waals surface area contributed by atoms with E-state index in [0.29, 0.717) is 16.5 Å². The predicted molar refractivity (Wildman–Crippen MR) is 139 cm³/mol. The lowest BCUT2D eigenvalue weighted by molar-refractivity contribution is -0.118. The molecule has 9 nitrogen and oxygen atoms in total. The van der Waals surface area contributed by atoms with E-state index >= 15 is 0 Å². The summed E-state index contributed by atoms with van der Waals surface area (Å²) < 4.78 is 1.79. The van der Waals surface area contributed by atoms with Gasteiger partial charge in [-0.15, -0.1) is 5.10 Å². The van der Waals surface area contributed by atoms with Crippen molar-refractivity contribution in [2.24, 2.45) is 11.8 Å². The van der Waals surface area contributed by atoms with Gasteiger partial charge < -0.3 is 5.32 Å². The molecule has 4 fully saturated rings. The number of nitrogens with one attached hydrogen (secondary N) is 1. The number of rotatable bonds is 6. The van der Waals surface area contributed by atoms with Crippen LogP contribution in [-0.4, -0.2) is 44.4 Å². The molecule has 1 N–H and O–H groups in total. The van der Waals surface area contributed by atoms with Crippen LogP contribution >= 0.6 is 11.6 Å². The van der Waals surface area contributed by atoms with Gasteiger partial charge in [0, 0.05) is 35.3 Å². The fraction of sp³-hybridized carbons (Fsp3) is 0.429. The van der Waals surface area contributed by atoms with Gasteiger partial charge in [-0.2, -0.15) is 5.26 Å². The van der Waals surface area contributed by atoms with Gasteiger partial charge in [-0.25, -0.2) is 9.67 Å². The Hall–Kier alpha value is -3.77. The Labute approximate surface area is 224 Å². The number of amides is 2. The molecule has 0 radical (unpaired) electrons. The molecule has 0 spiro atoms. The first kappa shape index (κ1) is 23.4. The number of carbonyl (C=O) groups is 2. The number of aryl methyl sites for hydroxylation is 1. The van der Waals surface area contributed by atoms with Crippen molar-refractivity contribution in [3.63, 3.8) is 0 Å². The van der Waals surface area contributed by atoms with Crippen LogP contribution in [0, 0.1) is 30.1 Å². The highest BCUT2D eigenvalue weighted by molar-refractivity contribution is 6.30. The van der Waals surface area contributed by atoms with Gasteiger partial charge in [0.25, 0.3) is 5.91 Å². The van der Waals surface area contributed by atoms with Crippen molar-refractivity contribution in [2.75, 3.05) is 11.4 Å². The van der Waals surface area contributed by atoms with Crippen LogP contribution in [0.5, 0.6) is 0 Å². The van der Waals surface area contributed by atoms with Crippen molar-refractivity contribution in [3.05, 3.63) is 69.6 Å². The minimum absolute atomic E-state index is 0.0105. The van der Waals surface area contributed by atoms with Crippen LogP contribution in [0.1, 0.15) is 70.8 Å². The van der Waals surface area contributed by atoms with E-state index in [0.717, 1.165) is 61.2 Å². The molecule has 38 heavy (non-hydrogen) atoms. The average molecular weight is 528 g/mol. The summed E-state index contributed by atoms with van der Waals surface area (Å²) in [7, 11) is 0. The molecule has 3 saturated carbocycles. The quantitative estimate of drug-likeness (QED) is 0.522. The molecule has 10 heteroatoms. The van der Waals surface area contributed by atoms with Crippen molar-refractivity contribution in [2.45, 2.75) is 56.5 Å². The number of benzene rings is 1. The lowest BCUT2D eigenvalue weighted by Crippen LogP contribution is -2.43. The van der Waals surface area contributed by atoms with Crippen molar-refractivity contribution < 1.29 is 9.59 Å². The molecule has 3 heterocycles. The Balaban J connectivity index is 1.02. The summed E-state index contributed by atoms with van der Waals surface area (Å²) in [5, 5.41) is 21.6. The second-order valence-corrected chi connectivity index (χ2v) is 11.6. The van der Waals surface area contributed by atoms with Crippen molar-refractivity contribution in [3.8, 4) is 6.07 Å².